The average molecular weight is 316 g/mol. The van der Waals surface area contributed by atoms with E-state index in [1.165, 1.54) is 12.1 Å². The Morgan fingerprint density at radius 3 is 2.76 bits per heavy atom. The lowest BCUT2D eigenvalue weighted by Gasteiger charge is -2.08. The Hall–Kier alpha value is -1.13. The number of aromatic nitrogens is 1. The van der Waals surface area contributed by atoms with E-state index in [0.29, 0.717) is 11.5 Å². The normalized spacial score (nSPS) is 10.4. The van der Waals surface area contributed by atoms with E-state index in [9.17, 15) is 4.39 Å². The summed E-state index contributed by atoms with van der Waals surface area (Å²) in [5, 5.41) is 3.14. The molecule has 5 heteroatoms. The van der Waals surface area contributed by atoms with Crippen molar-refractivity contribution in [2.24, 2.45) is 0 Å². The van der Waals surface area contributed by atoms with Gasteiger partial charge in [0.1, 0.15) is 11.6 Å². The second-order valence-electron chi connectivity index (χ2n) is 3.60. The number of rotatable bonds is 2. The molecule has 0 bridgehead atoms. The predicted octanol–water partition coefficient (Wildman–Crippen LogP) is 4.69. The number of pyridine rings is 1. The number of hydrogen-bond acceptors (Lipinski definition) is 2. The van der Waals surface area contributed by atoms with Crippen LogP contribution in [0.25, 0.3) is 0 Å². The lowest BCUT2D eigenvalue weighted by Crippen LogP contribution is -1.95. The Labute approximate surface area is 112 Å². The van der Waals surface area contributed by atoms with Crippen molar-refractivity contribution >= 4 is 39.0 Å². The Bertz CT molecular complexity index is 560. The van der Waals surface area contributed by atoms with Crippen LogP contribution in [0, 0.1) is 12.7 Å². The van der Waals surface area contributed by atoms with Gasteiger partial charge < -0.3 is 5.32 Å². The molecule has 0 saturated carbocycles. The molecule has 0 radical (unpaired) electrons. The fourth-order valence-electron chi connectivity index (χ4n) is 1.34. The maximum Gasteiger partial charge on any atom is 0.144 e. The van der Waals surface area contributed by atoms with Crippen LogP contribution in [0.1, 0.15) is 5.56 Å². The fourth-order valence-corrected chi connectivity index (χ4v) is 2.08. The van der Waals surface area contributed by atoms with Crippen molar-refractivity contribution in [3.05, 3.63) is 51.3 Å². The van der Waals surface area contributed by atoms with Crippen molar-refractivity contribution in [3.8, 4) is 0 Å². The Morgan fingerprint density at radius 2 is 2.12 bits per heavy atom. The van der Waals surface area contributed by atoms with Crippen LogP contribution < -0.4 is 5.32 Å². The molecule has 0 aliphatic heterocycles. The highest BCUT2D eigenvalue weighted by Gasteiger charge is 2.04. The maximum atomic E-state index is 13.0. The molecule has 0 aliphatic carbocycles. The summed E-state index contributed by atoms with van der Waals surface area (Å²) in [5.41, 5.74) is 1.74. The minimum atomic E-state index is -0.437. The zero-order valence-electron chi connectivity index (χ0n) is 8.97. The third kappa shape index (κ3) is 2.96. The summed E-state index contributed by atoms with van der Waals surface area (Å²) in [4.78, 5) is 4.23. The molecule has 0 aliphatic rings. The number of halogens is 3. The van der Waals surface area contributed by atoms with Crippen molar-refractivity contribution in [2.45, 2.75) is 6.92 Å². The standard InChI is InChI=1S/C12H9BrClFN2/c1-7-4-9(13)12(16-6-7)17-8-2-3-11(15)10(14)5-8/h2-6H,1H3,(H,16,17). The summed E-state index contributed by atoms with van der Waals surface area (Å²) < 4.78 is 13.8. The summed E-state index contributed by atoms with van der Waals surface area (Å²) in [6.45, 7) is 1.95. The van der Waals surface area contributed by atoms with Gasteiger partial charge in [0.2, 0.25) is 0 Å². The number of nitrogens with one attached hydrogen (secondary N) is 1. The lowest BCUT2D eigenvalue weighted by atomic mass is 10.3. The molecule has 2 aromatic rings. The minimum absolute atomic E-state index is 0.0817. The van der Waals surface area contributed by atoms with Gasteiger partial charge in [-0.15, -0.1) is 0 Å². The van der Waals surface area contributed by atoms with Crippen LogP contribution >= 0.6 is 27.5 Å². The predicted molar refractivity (Wildman–Crippen MR) is 71.4 cm³/mol. The summed E-state index contributed by atoms with van der Waals surface area (Å²) in [7, 11) is 0. The highest BCUT2D eigenvalue weighted by Crippen LogP contribution is 2.26. The van der Waals surface area contributed by atoms with E-state index in [4.69, 9.17) is 11.6 Å². The maximum absolute atomic E-state index is 13.0. The van der Waals surface area contributed by atoms with Crippen LogP contribution in [0.4, 0.5) is 15.9 Å². The van der Waals surface area contributed by atoms with Gasteiger partial charge in [0, 0.05) is 11.9 Å². The van der Waals surface area contributed by atoms with Gasteiger partial charge in [-0.25, -0.2) is 9.37 Å². The molecule has 2 rings (SSSR count). The zero-order chi connectivity index (χ0) is 12.4. The van der Waals surface area contributed by atoms with Gasteiger partial charge in [0.05, 0.1) is 9.50 Å². The molecule has 17 heavy (non-hydrogen) atoms. The fraction of sp³-hybridized carbons (Fsp3) is 0.0833. The molecule has 0 saturated heterocycles. The Kier molecular flexibility index (Phi) is 3.64. The first-order valence-electron chi connectivity index (χ1n) is 4.90. The Balaban J connectivity index is 2.28. The van der Waals surface area contributed by atoms with Crippen LogP contribution in [-0.4, -0.2) is 4.98 Å². The number of anilines is 2. The molecule has 1 heterocycles. The van der Waals surface area contributed by atoms with Crippen LogP contribution in [0.5, 0.6) is 0 Å². The summed E-state index contributed by atoms with van der Waals surface area (Å²) >= 11 is 9.10. The summed E-state index contributed by atoms with van der Waals surface area (Å²) in [5.74, 6) is 0.228. The molecule has 0 spiro atoms. The quantitative estimate of drug-likeness (QED) is 0.869. The highest BCUT2D eigenvalue weighted by molar-refractivity contribution is 9.10. The second-order valence-corrected chi connectivity index (χ2v) is 4.86. The molecule has 0 amide bonds. The van der Waals surface area contributed by atoms with Gasteiger partial charge in [0.25, 0.3) is 0 Å². The average Bonchev–Trinajstić information content (AvgIpc) is 2.27. The third-order valence-corrected chi connectivity index (χ3v) is 3.05. The topological polar surface area (TPSA) is 24.9 Å². The van der Waals surface area contributed by atoms with Crippen LogP contribution in [0.2, 0.25) is 5.02 Å². The largest absolute Gasteiger partial charge is 0.339 e. The molecule has 1 aromatic carbocycles. The van der Waals surface area contributed by atoms with Gasteiger partial charge in [-0.05, 0) is 52.7 Å². The lowest BCUT2D eigenvalue weighted by molar-refractivity contribution is 0.628. The Morgan fingerprint density at radius 1 is 1.35 bits per heavy atom. The van der Waals surface area contributed by atoms with E-state index in [1.54, 1.807) is 12.3 Å². The number of aryl methyl sites for hydroxylation is 1. The van der Waals surface area contributed by atoms with Gasteiger partial charge >= 0.3 is 0 Å². The minimum Gasteiger partial charge on any atom is -0.339 e. The summed E-state index contributed by atoms with van der Waals surface area (Å²) in [6.07, 6.45) is 1.75. The van der Waals surface area contributed by atoms with Crippen LogP contribution in [0.3, 0.4) is 0 Å². The first kappa shape index (κ1) is 12.3. The smallest absolute Gasteiger partial charge is 0.144 e. The van der Waals surface area contributed by atoms with E-state index in [0.717, 1.165) is 10.0 Å². The van der Waals surface area contributed by atoms with E-state index in [-0.39, 0.29) is 5.02 Å². The van der Waals surface area contributed by atoms with Crippen molar-refractivity contribution in [3.63, 3.8) is 0 Å². The molecular formula is C12H9BrClFN2. The number of nitrogens with zero attached hydrogens (tertiary/aromatic N) is 1. The molecule has 0 atom stereocenters. The SMILES string of the molecule is Cc1cnc(Nc2ccc(F)c(Cl)c2)c(Br)c1. The van der Waals surface area contributed by atoms with Crippen molar-refractivity contribution in [2.75, 3.05) is 5.32 Å². The first-order valence-corrected chi connectivity index (χ1v) is 6.07. The van der Waals surface area contributed by atoms with E-state index >= 15 is 0 Å². The van der Waals surface area contributed by atoms with Crippen molar-refractivity contribution in [1.29, 1.82) is 0 Å². The van der Waals surface area contributed by atoms with Gasteiger partial charge in [-0.2, -0.15) is 0 Å². The molecule has 88 valence electrons. The molecule has 0 fully saturated rings. The van der Waals surface area contributed by atoms with E-state index in [2.05, 4.69) is 26.2 Å². The number of benzene rings is 1. The monoisotopic (exact) mass is 314 g/mol. The molecule has 0 unspecified atom stereocenters. The van der Waals surface area contributed by atoms with Gasteiger partial charge in [-0.1, -0.05) is 11.6 Å². The molecular weight excluding hydrogens is 307 g/mol. The third-order valence-electron chi connectivity index (χ3n) is 2.16. The highest BCUT2D eigenvalue weighted by atomic mass is 79.9. The van der Waals surface area contributed by atoms with E-state index < -0.39 is 5.82 Å². The van der Waals surface area contributed by atoms with Gasteiger partial charge in [-0.3, -0.25) is 0 Å². The van der Waals surface area contributed by atoms with Crippen molar-refractivity contribution < 1.29 is 4.39 Å². The van der Waals surface area contributed by atoms with Crippen LogP contribution in [0.15, 0.2) is 34.9 Å². The zero-order valence-corrected chi connectivity index (χ0v) is 11.3. The molecule has 2 nitrogen and oxygen atoms in total. The van der Waals surface area contributed by atoms with E-state index in [1.807, 2.05) is 13.0 Å². The summed E-state index contributed by atoms with van der Waals surface area (Å²) in [6, 6.07) is 6.38. The molecule has 1 aromatic heterocycles. The van der Waals surface area contributed by atoms with Crippen molar-refractivity contribution in [1.82, 2.24) is 4.98 Å². The first-order chi connectivity index (χ1) is 8.06. The second kappa shape index (κ2) is 5.02. The van der Waals surface area contributed by atoms with Gasteiger partial charge in [0.15, 0.2) is 0 Å². The van der Waals surface area contributed by atoms with Crippen LogP contribution in [-0.2, 0) is 0 Å². The molecule has 1 N–H and O–H groups in total. The number of hydrogen-bond donors (Lipinski definition) is 1.